The standard InChI is InChI=1S/C10H7NO4/c12-8-3-1-2-5-6(8)4-7(10(14)15)11-9(5)13/h1-4,12H,(H,11,13)(H,14,15). The number of carboxylic acid groups (broad SMARTS) is 1. The first kappa shape index (κ1) is 9.26. The molecule has 2 rings (SSSR count). The zero-order chi connectivity index (χ0) is 11.0. The molecule has 2 aromatic rings. The number of fused-ring (bicyclic) bond motifs is 1. The maximum atomic E-state index is 11.4. The SMILES string of the molecule is O=C(O)c1cc2c(O)cccc2c(=O)[nH]1. The number of carbonyl (C=O) groups is 1. The Labute approximate surface area is 83.6 Å². The molecule has 1 aromatic carbocycles. The van der Waals surface area contributed by atoms with E-state index in [1.165, 1.54) is 24.3 Å². The predicted octanol–water partition coefficient (Wildman–Crippen LogP) is 0.932. The molecule has 0 aliphatic carbocycles. The van der Waals surface area contributed by atoms with Crippen molar-refractivity contribution in [2.75, 3.05) is 0 Å². The number of hydrogen-bond donors (Lipinski definition) is 3. The van der Waals surface area contributed by atoms with E-state index < -0.39 is 11.5 Å². The summed E-state index contributed by atoms with van der Waals surface area (Å²) >= 11 is 0. The molecule has 0 fully saturated rings. The third kappa shape index (κ3) is 1.43. The number of nitrogens with one attached hydrogen (secondary N) is 1. The fourth-order valence-corrected chi connectivity index (χ4v) is 1.39. The fraction of sp³-hybridized carbons (Fsp3) is 0. The predicted molar refractivity (Wildman–Crippen MR) is 53.2 cm³/mol. The number of aromatic carboxylic acids is 1. The molecule has 5 nitrogen and oxygen atoms in total. The van der Waals surface area contributed by atoms with Crippen LogP contribution >= 0.6 is 0 Å². The van der Waals surface area contributed by atoms with Crippen molar-refractivity contribution in [1.29, 1.82) is 0 Å². The van der Waals surface area contributed by atoms with E-state index in [1.807, 2.05) is 0 Å². The van der Waals surface area contributed by atoms with Crippen molar-refractivity contribution in [2.45, 2.75) is 0 Å². The average molecular weight is 205 g/mol. The van der Waals surface area contributed by atoms with Gasteiger partial charge in [0, 0.05) is 5.39 Å². The van der Waals surface area contributed by atoms with Crippen LogP contribution in [0.4, 0.5) is 0 Å². The molecule has 0 aliphatic rings. The Morgan fingerprint density at radius 3 is 2.67 bits per heavy atom. The number of benzene rings is 1. The smallest absolute Gasteiger partial charge is 0.352 e. The Hall–Kier alpha value is -2.30. The summed E-state index contributed by atoms with van der Waals surface area (Å²) in [4.78, 5) is 24.3. The summed E-state index contributed by atoms with van der Waals surface area (Å²) in [5.74, 6) is -1.35. The number of hydrogen-bond acceptors (Lipinski definition) is 3. The van der Waals surface area contributed by atoms with Gasteiger partial charge in [-0.1, -0.05) is 6.07 Å². The molecule has 0 spiro atoms. The highest BCUT2D eigenvalue weighted by atomic mass is 16.4. The summed E-state index contributed by atoms with van der Waals surface area (Å²) in [5.41, 5.74) is -0.769. The van der Waals surface area contributed by atoms with Gasteiger partial charge in [-0.3, -0.25) is 4.79 Å². The highest BCUT2D eigenvalue weighted by Gasteiger charge is 2.09. The Bertz CT molecular complexity index is 600. The van der Waals surface area contributed by atoms with Gasteiger partial charge in [-0.05, 0) is 18.2 Å². The van der Waals surface area contributed by atoms with Crippen LogP contribution in [0.15, 0.2) is 29.1 Å². The van der Waals surface area contributed by atoms with E-state index in [-0.39, 0.29) is 22.2 Å². The molecule has 0 radical (unpaired) electrons. The Morgan fingerprint density at radius 1 is 1.27 bits per heavy atom. The van der Waals surface area contributed by atoms with Crippen LogP contribution in [0.25, 0.3) is 10.8 Å². The first-order chi connectivity index (χ1) is 7.09. The van der Waals surface area contributed by atoms with Gasteiger partial charge in [0.25, 0.3) is 5.56 Å². The number of phenols is 1. The monoisotopic (exact) mass is 205 g/mol. The lowest BCUT2D eigenvalue weighted by molar-refractivity contribution is 0.0690. The van der Waals surface area contributed by atoms with E-state index >= 15 is 0 Å². The van der Waals surface area contributed by atoms with Crippen LogP contribution in [0.2, 0.25) is 0 Å². The number of rotatable bonds is 1. The highest BCUT2D eigenvalue weighted by molar-refractivity contribution is 5.94. The van der Waals surface area contributed by atoms with E-state index in [0.29, 0.717) is 0 Å². The molecule has 0 saturated carbocycles. The van der Waals surface area contributed by atoms with Gasteiger partial charge in [0.2, 0.25) is 0 Å². The van der Waals surface area contributed by atoms with Crippen molar-refractivity contribution in [3.63, 3.8) is 0 Å². The van der Waals surface area contributed by atoms with Crippen LogP contribution in [-0.4, -0.2) is 21.2 Å². The van der Waals surface area contributed by atoms with Gasteiger partial charge in [-0.25, -0.2) is 4.79 Å². The average Bonchev–Trinajstić information content (AvgIpc) is 2.19. The van der Waals surface area contributed by atoms with Crippen molar-refractivity contribution in [2.24, 2.45) is 0 Å². The Balaban J connectivity index is 2.92. The summed E-state index contributed by atoms with van der Waals surface area (Å²) < 4.78 is 0. The number of H-pyrrole nitrogens is 1. The Morgan fingerprint density at radius 2 is 2.00 bits per heavy atom. The molecule has 0 amide bonds. The van der Waals surface area contributed by atoms with Gasteiger partial charge >= 0.3 is 5.97 Å². The number of aromatic amines is 1. The molecular weight excluding hydrogens is 198 g/mol. The summed E-state index contributed by atoms with van der Waals surface area (Å²) in [5, 5.41) is 18.7. The van der Waals surface area contributed by atoms with Crippen molar-refractivity contribution < 1.29 is 15.0 Å². The number of carboxylic acids is 1. The van der Waals surface area contributed by atoms with Gasteiger partial charge in [0.15, 0.2) is 0 Å². The lowest BCUT2D eigenvalue weighted by Gasteiger charge is -2.01. The number of phenolic OH excluding ortho intramolecular Hbond substituents is 1. The van der Waals surface area contributed by atoms with Crippen LogP contribution in [0, 0.1) is 0 Å². The van der Waals surface area contributed by atoms with Crippen molar-refractivity contribution >= 4 is 16.7 Å². The van der Waals surface area contributed by atoms with Gasteiger partial charge < -0.3 is 15.2 Å². The van der Waals surface area contributed by atoms with Crippen molar-refractivity contribution in [1.82, 2.24) is 4.98 Å². The second-order valence-corrected chi connectivity index (χ2v) is 3.06. The van der Waals surface area contributed by atoms with E-state index in [1.54, 1.807) is 0 Å². The third-order valence-corrected chi connectivity index (χ3v) is 2.10. The molecule has 15 heavy (non-hydrogen) atoms. The van der Waals surface area contributed by atoms with Crippen LogP contribution in [0.1, 0.15) is 10.5 Å². The van der Waals surface area contributed by atoms with Gasteiger partial charge in [-0.2, -0.15) is 0 Å². The summed E-state index contributed by atoms with van der Waals surface area (Å²) in [6.45, 7) is 0. The second kappa shape index (κ2) is 3.13. The quantitative estimate of drug-likeness (QED) is 0.646. The highest BCUT2D eigenvalue weighted by Crippen LogP contribution is 2.21. The molecule has 0 unspecified atom stereocenters. The molecule has 5 heteroatoms. The Kier molecular flexibility index (Phi) is 1.93. The molecule has 0 bridgehead atoms. The maximum absolute atomic E-state index is 11.4. The normalized spacial score (nSPS) is 10.4. The van der Waals surface area contributed by atoms with Crippen LogP contribution in [0.5, 0.6) is 5.75 Å². The lowest BCUT2D eigenvalue weighted by Crippen LogP contribution is -2.12. The van der Waals surface area contributed by atoms with Crippen molar-refractivity contribution in [3.05, 3.63) is 40.3 Å². The van der Waals surface area contributed by atoms with Crippen LogP contribution < -0.4 is 5.56 Å². The largest absolute Gasteiger partial charge is 0.507 e. The third-order valence-electron chi connectivity index (χ3n) is 2.10. The molecule has 0 saturated heterocycles. The first-order valence-electron chi connectivity index (χ1n) is 4.18. The zero-order valence-corrected chi connectivity index (χ0v) is 7.52. The topological polar surface area (TPSA) is 90.4 Å². The van der Waals surface area contributed by atoms with E-state index in [4.69, 9.17) is 5.11 Å². The minimum absolute atomic E-state index is 0.110. The van der Waals surface area contributed by atoms with Crippen LogP contribution in [-0.2, 0) is 0 Å². The second-order valence-electron chi connectivity index (χ2n) is 3.06. The summed E-state index contributed by atoms with van der Waals surface area (Å²) in [6.07, 6.45) is 0. The first-order valence-corrected chi connectivity index (χ1v) is 4.18. The minimum Gasteiger partial charge on any atom is -0.507 e. The van der Waals surface area contributed by atoms with Gasteiger partial charge in [-0.15, -0.1) is 0 Å². The molecule has 1 aromatic heterocycles. The number of pyridine rings is 1. The molecular formula is C10H7NO4. The molecule has 1 heterocycles. The molecule has 0 aliphatic heterocycles. The van der Waals surface area contributed by atoms with E-state index in [2.05, 4.69) is 4.98 Å². The maximum Gasteiger partial charge on any atom is 0.352 e. The summed E-state index contributed by atoms with van der Waals surface area (Å²) in [7, 11) is 0. The number of aromatic nitrogens is 1. The van der Waals surface area contributed by atoms with Gasteiger partial charge in [0.1, 0.15) is 11.4 Å². The summed E-state index contributed by atoms with van der Waals surface area (Å²) in [6, 6.07) is 5.66. The molecule has 0 atom stereocenters. The van der Waals surface area contributed by atoms with E-state index in [9.17, 15) is 14.7 Å². The fourth-order valence-electron chi connectivity index (χ4n) is 1.39. The number of aromatic hydroxyl groups is 1. The molecule has 3 N–H and O–H groups in total. The van der Waals surface area contributed by atoms with Gasteiger partial charge in [0.05, 0.1) is 5.39 Å². The zero-order valence-electron chi connectivity index (χ0n) is 7.52. The van der Waals surface area contributed by atoms with Crippen molar-refractivity contribution in [3.8, 4) is 5.75 Å². The van der Waals surface area contributed by atoms with E-state index in [0.717, 1.165) is 0 Å². The minimum atomic E-state index is -1.24. The lowest BCUT2D eigenvalue weighted by atomic mass is 10.1. The molecule has 76 valence electrons. The van der Waals surface area contributed by atoms with Crippen LogP contribution in [0.3, 0.4) is 0 Å².